The number of hydrogen-bond acceptors (Lipinski definition) is 6. The maximum absolute atomic E-state index is 12.5. The zero-order valence-corrected chi connectivity index (χ0v) is 24.6. The lowest BCUT2D eigenvalue weighted by atomic mass is 9.80. The van der Waals surface area contributed by atoms with Gasteiger partial charge >= 0.3 is 6.03 Å². The van der Waals surface area contributed by atoms with E-state index in [1.807, 2.05) is 83.5 Å². The van der Waals surface area contributed by atoms with Gasteiger partial charge in [0.05, 0.1) is 36.4 Å². The van der Waals surface area contributed by atoms with Crippen LogP contribution in [0.2, 0.25) is 0 Å². The molecule has 0 saturated carbocycles. The number of imidazole rings is 1. The van der Waals surface area contributed by atoms with Gasteiger partial charge in [0, 0.05) is 24.4 Å². The summed E-state index contributed by atoms with van der Waals surface area (Å²) in [5.74, 6) is 6.60. The van der Waals surface area contributed by atoms with E-state index < -0.39 is 11.6 Å². The highest BCUT2D eigenvalue weighted by molar-refractivity contribution is 5.75. The average molecular weight is 587 g/mol. The maximum atomic E-state index is 12.5. The number of anilines is 2. The fourth-order valence-corrected chi connectivity index (χ4v) is 6.36. The summed E-state index contributed by atoms with van der Waals surface area (Å²) < 4.78 is 4.06. The molecule has 1 unspecified atom stereocenters. The fraction of sp³-hybridized carbons (Fsp3) is 0.265. The monoisotopic (exact) mass is 586 g/mol. The van der Waals surface area contributed by atoms with Crippen LogP contribution in [0.5, 0.6) is 0 Å². The van der Waals surface area contributed by atoms with Gasteiger partial charge in [-0.05, 0) is 74.3 Å². The lowest BCUT2D eigenvalue weighted by Crippen LogP contribution is -2.47. The number of nitrogens with two attached hydrogens (primary N) is 1. The summed E-state index contributed by atoms with van der Waals surface area (Å²) in [6.45, 7) is 2.55. The van der Waals surface area contributed by atoms with Crippen molar-refractivity contribution in [1.29, 1.82) is 0 Å². The minimum atomic E-state index is -0.837. The van der Waals surface area contributed by atoms with Crippen molar-refractivity contribution in [3.63, 3.8) is 0 Å². The number of nitrogens with one attached hydrogen (secondary N) is 1. The normalized spacial score (nSPS) is 19.2. The van der Waals surface area contributed by atoms with E-state index in [0.29, 0.717) is 19.1 Å². The number of carbonyl (C=O) groups excluding carboxylic acids is 1. The van der Waals surface area contributed by atoms with Crippen molar-refractivity contribution in [3.05, 3.63) is 114 Å². The maximum Gasteiger partial charge on any atom is 0.339 e. The van der Waals surface area contributed by atoms with Crippen molar-refractivity contribution in [3.8, 4) is 11.8 Å². The Bertz CT molecular complexity index is 1860. The predicted molar refractivity (Wildman–Crippen MR) is 168 cm³/mol. The summed E-state index contributed by atoms with van der Waals surface area (Å²) in [4.78, 5) is 25.2. The number of benzene rings is 2. The summed E-state index contributed by atoms with van der Waals surface area (Å²) >= 11 is 0. The molecule has 2 amide bonds. The molecule has 3 aromatic heterocycles. The van der Waals surface area contributed by atoms with Gasteiger partial charge in [-0.2, -0.15) is 10.2 Å². The van der Waals surface area contributed by atoms with Gasteiger partial charge in [-0.25, -0.2) is 9.78 Å². The Balaban J connectivity index is 1.16. The third kappa shape index (κ3) is 5.06. The molecular weight excluding hydrogens is 552 g/mol. The molecule has 2 saturated heterocycles. The van der Waals surface area contributed by atoms with Crippen LogP contribution in [0.3, 0.4) is 0 Å². The number of primary amides is 1. The number of urea groups is 1. The quantitative estimate of drug-likeness (QED) is 0.284. The molecule has 2 aliphatic heterocycles. The van der Waals surface area contributed by atoms with Crippen LogP contribution >= 0.6 is 0 Å². The molecule has 222 valence electrons. The van der Waals surface area contributed by atoms with Crippen LogP contribution in [0.1, 0.15) is 47.7 Å². The van der Waals surface area contributed by atoms with Crippen molar-refractivity contribution in [2.75, 3.05) is 32.1 Å². The van der Waals surface area contributed by atoms with Crippen LogP contribution in [0, 0.1) is 11.8 Å². The SMILES string of the molecule is CN1CCC(n2cc(Nc3cccn4c(C#Cc5cccc(C6(c7ccccc7)CCON6C(N)=O)c5)cnc34)cn2)CC1. The van der Waals surface area contributed by atoms with Crippen LogP contribution in [0.25, 0.3) is 5.65 Å². The molecule has 10 heteroatoms. The Morgan fingerprint density at radius 1 is 1.02 bits per heavy atom. The highest BCUT2D eigenvalue weighted by Crippen LogP contribution is 2.43. The topological polar surface area (TPSA) is 106 Å². The van der Waals surface area contributed by atoms with E-state index in [2.05, 4.69) is 50.1 Å². The summed E-state index contributed by atoms with van der Waals surface area (Å²) in [6.07, 6.45) is 10.5. The third-order valence-electron chi connectivity index (χ3n) is 8.64. The molecule has 44 heavy (non-hydrogen) atoms. The lowest BCUT2D eigenvalue weighted by Gasteiger charge is -2.36. The van der Waals surface area contributed by atoms with Gasteiger partial charge in [0.25, 0.3) is 0 Å². The summed E-state index contributed by atoms with van der Waals surface area (Å²) in [7, 11) is 2.17. The van der Waals surface area contributed by atoms with E-state index in [9.17, 15) is 4.79 Å². The Kier molecular flexibility index (Phi) is 7.26. The second kappa shape index (κ2) is 11.5. The highest BCUT2D eigenvalue weighted by Gasteiger charge is 2.48. The van der Waals surface area contributed by atoms with Gasteiger partial charge in [-0.1, -0.05) is 48.4 Å². The van der Waals surface area contributed by atoms with E-state index >= 15 is 0 Å². The van der Waals surface area contributed by atoms with Crippen molar-refractivity contribution in [2.45, 2.75) is 30.8 Å². The van der Waals surface area contributed by atoms with Crippen molar-refractivity contribution < 1.29 is 9.63 Å². The lowest BCUT2D eigenvalue weighted by molar-refractivity contribution is -0.107. The van der Waals surface area contributed by atoms with Crippen LogP contribution in [-0.2, 0) is 10.4 Å². The predicted octanol–water partition coefficient (Wildman–Crippen LogP) is 4.90. The van der Waals surface area contributed by atoms with Gasteiger partial charge < -0.3 is 16.0 Å². The van der Waals surface area contributed by atoms with E-state index in [-0.39, 0.29) is 0 Å². The zero-order valence-electron chi connectivity index (χ0n) is 24.6. The average Bonchev–Trinajstić information content (AvgIpc) is 3.81. The Morgan fingerprint density at radius 2 is 1.84 bits per heavy atom. The summed E-state index contributed by atoms with van der Waals surface area (Å²) in [6, 6.07) is 21.5. The van der Waals surface area contributed by atoms with E-state index in [1.165, 1.54) is 5.06 Å². The molecule has 3 N–H and O–H groups in total. The molecule has 10 nitrogen and oxygen atoms in total. The minimum absolute atomic E-state index is 0.380. The largest absolute Gasteiger partial charge is 0.350 e. The number of aromatic nitrogens is 4. The first-order chi connectivity index (χ1) is 21.5. The fourth-order valence-electron chi connectivity index (χ4n) is 6.36. The third-order valence-corrected chi connectivity index (χ3v) is 8.64. The smallest absolute Gasteiger partial charge is 0.339 e. The number of amides is 2. The second-order valence-electron chi connectivity index (χ2n) is 11.4. The number of fused-ring (bicyclic) bond motifs is 1. The molecule has 0 aliphatic carbocycles. The molecule has 0 radical (unpaired) electrons. The van der Waals surface area contributed by atoms with Crippen LogP contribution < -0.4 is 11.1 Å². The van der Waals surface area contributed by atoms with Crippen LogP contribution in [0.4, 0.5) is 16.2 Å². The number of rotatable bonds is 5. The standard InChI is InChI=1S/C34H34N8O2/c1-39-18-14-29(15-19-39)41-24-28(22-37-41)38-31-11-6-17-40-30(23-36-32(31)40)13-12-25-7-5-10-27(21-25)34(26-8-3-2-4-9-26)16-20-44-42(34)33(35)43/h2-11,17,21-24,29,38H,14-16,18-20H2,1H3,(H2,35,43). The Labute approximate surface area is 256 Å². The van der Waals surface area contributed by atoms with Gasteiger partial charge in [0.2, 0.25) is 0 Å². The molecule has 2 aliphatic rings. The number of hydrogen-bond donors (Lipinski definition) is 2. The first-order valence-corrected chi connectivity index (χ1v) is 14.9. The molecule has 5 aromatic rings. The number of nitrogens with zero attached hydrogens (tertiary/aromatic N) is 6. The molecule has 7 rings (SSSR count). The number of pyridine rings is 1. The Morgan fingerprint density at radius 3 is 2.66 bits per heavy atom. The Hall–Kier alpha value is -5.11. The first-order valence-electron chi connectivity index (χ1n) is 14.9. The van der Waals surface area contributed by atoms with Crippen molar-refractivity contribution in [2.24, 2.45) is 5.73 Å². The van der Waals surface area contributed by atoms with Gasteiger partial charge in [-0.15, -0.1) is 0 Å². The molecular formula is C34H34N8O2. The zero-order chi connectivity index (χ0) is 30.1. The highest BCUT2D eigenvalue weighted by atomic mass is 16.7. The number of piperidine rings is 1. The van der Waals surface area contributed by atoms with Gasteiger partial charge in [-0.3, -0.25) is 13.9 Å². The second-order valence-corrected chi connectivity index (χ2v) is 11.4. The molecule has 2 aromatic carbocycles. The summed E-state index contributed by atoms with van der Waals surface area (Å²) in [5.41, 5.74) is 10.9. The van der Waals surface area contributed by atoms with Crippen molar-refractivity contribution in [1.82, 2.24) is 29.1 Å². The first kappa shape index (κ1) is 27.7. The molecule has 0 bridgehead atoms. The minimum Gasteiger partial charge on any atom is -0.350 e. The molecule has 0 spiro atoms. The number of likely N-dealkylation sites (tertiary alicyclic amines) is 1. The number of hydroxylamine groups is 2. The van der Waals surface area contributed by atoms with Crippen LogP contribution in [0.15, 0.2) is 91.5 Å². The van der Waals surface area contributed by atoms with E-state index in [4.69, 9.17) is 10.6 Å². The summed E-state index contributed by atoms with van der Waals surface area (Å²) in [5, 5.41) is 9.42. The van der Waals surface area contributed by atoms with Gasteiger partial charge in [0.15, 0.2) is 5.65 Å². The van der Waals surface area contributed by atoms with Crippen LogP contribution in [-0.4, -0.2) is 61.9 Å². The van der Waals surface area contributed by atoms with Gasteiger partial charge in [0.1, 0.15) is 11.2 Å². The van der Waals surface area contributed by atoms with E-state index in [0.717, 1.165) is 65.3 Å². The molecule has 1 atom stereocenters. The van der Waals surface area contributed by atoms with Crippen molar-refractivity contribution >= 4 is 23.1 Å². The van der Waals surface area contributed by atoms with E-state index in [1.54, 1.807) is 6.20 Å². The number of carbonyl (C=O) groups is 1. The molecule has 5 heterocycles. The molecule has 2 fully saturated rings.